The molecule has 0 nitrogen and oxygen atoms in total. The predicted molar refractivity (Wildman–Crippen MR) is 68.0 cm³/mol. The van der Waals surface area contributed by atoms with Gasteiger partial charge >= 0.3 is 0 Å². The van der Waals surface area contributed by atoms with Gasteiger partial charge in [0, 0.05) is 0 Å². The molecule has 0 heteroatoms. The Morgan fingerprint density at radius 1 is 1.00 bits per heavy atom. The van der Waals surface area contributed by atoms with Crippen molar-refractivity contribution in [1.29, 1.82) is 0 Å². The SMILES string of the molecule is CCC(C)=CC=C(C)Cc1ccccc1. The van der Waals surface area contributed by atoms with Crippen molar-refractivity contribution in [2.24, 2.45) is 0 Å². The molecule has 0 heterocycles. The van der Waals surface area contributed by atoms with E-state index in [-0.39, 0.29) is 0 Å². The highest BCUT2D eigenvalue weighted by atomic mass is 14.0. The van der Waals surface area contributed by atoms with Gasteiger partial charge in [0.2, 0.25) is 0 Å². The van der Waals surface area contributed by atoms with Crippen LogP contribution in [-0.2, 0) is 6.42 Å². The third-order valence-electron chi connectivity index (χ3n) is 2.54. The van der Waals surface area contributed by atoms with E-state index in [1.54, 1.807) is 0 Å². The summed E-state index contributed by atoms with van der Waals surface area (Å²) < 4.78 is 0. The first-order valence-corrected chi connectivity index (χ1v) is 5.59. The van der Waals surface area contributed by atoms with Gasteiger partial charge in [-0.05, 0) is 32.3 Å². The second kappa shape index (κ2) is 6.23. The molecule has 0 aliphatic rings. The van der Waals surface area contributed by atoms with Crippen LogP contribution in [0.3, 0.4) is 0 Å². The van der Waals surface area contributed by atoms with Gasteiger partial charge in [0.15, 0.2) is 0 Å². The summed E-state index contributed by atoms with van der Waals surface area (Å²) in [6, 6.07) is 10.6. The van der Waals surface area contributed by atoms with Crippen molar-refractivity contribution in [3.63, 3.8) is 0 Å². The lowest BCUT2D eigenvalue weighted by atomic mass is 10.1. The second-order valence-electron chi connectivity index (χ2n) is 4.04. The largest absolute Gasteiger partial charge is 0.0736 e. The fourth-order valence-corrected chi connectivity index (χ4v) is 1.38. The minimum atomic E-state index is 1.05. The van der Waals surface area contributed by atoms with Crippen LogP contribution in [0.15, 0.2) is 53.6 Å². The lowest BCUT2D eigenvalue weighted by Gasteiger charge is -2.00. The lowest BCUT2D eigenvalue weighted by Crippen LogP contribution is -1.85. The summed E-state index contributed by atoms with van der Waals surface area (Å²) in [5.74, 6) is 0. The first-order valence-electron chi connectivity index (χ1n) is 5.59. The molecule has 0 saturated heterocycles. The van der Waals surface area contributed by atoms with Crippen LogP contribution in [0, 0.1) is 0 Å². The second-order valence-corrected chi connectivity index (χ2v) is 4.04. The van der Waals surface area contributed by atoms with Gasteiger partial charge in [-0.3, -0.25) is 0 Å². The Bertz CT molecular complexity index is 342. The molecule has 0 amide bonds. The summed E-state index contributed by atoms with van der Waals surface area (Å²) in [6.07, 6.45) is 6.63. The van der Waals surface area contributed by atoms with E-state index in [1.165, 1.54) is 16.7 Å². The number of hydrogen-bond acceptors (Lipinski definition) is 0. The van der Waals surface area contributed by atoms with E-state index in [1.807, 2.05) is 0 Å². The minimum Gasteiger partial charge on any atom is -0.0736 e. The quantitative estimate of drug-likeness (QED) is 0.626. The molecule has 0 radical (unpaired) electrons. The molecule has 0 saturated carbocycles. The molecule has 15 heavy (non-hydrogen) atoms. The van der Waals surface area contributed by atoms with E-state index in [0.29, 0.717) is 0 Å². The summed E-state index contributed by atoms with van der Waals surface area (Å²) in [4.78, 5) is 0. The van der Waals surface area contributed by atoms with Gasteiger partial charge in [-0.1, -0.05) is 60.6 Å². The number of benzene rings is 1. The zero-order chi connectivity index (χ0) is 11.1. The number of allylic oxidation sites excluding steroid dienone is 4. The summed E-state index contributed by atoms with van der Waals surface area (Å²) in [6.45, 7) is 6.55. The van der Waals surface area contributed by atoms with Crippen molar-refractivity contribution in [2.75, 3.05) is 0 Å². The van der Waals surface area contributed by atoms with Crippen molar-refractivity contribution in [3.05, 3.63) is 59.2 Å². The van der Waals surface area contributed by atoms with E-state index in [0.717, 1.165) is 12.8 Å². The van der Waals surface area contributed by atoms with E-state index in [4.69, 9.17) is 0 Å². The molecule has 1 rings (SSSR count). The monoisotopic (exact) mass is 200 g/mol. The van der Waals surface area contributed by atoms with Crippen LogP contribution in [0.25, 0.3) is 0 Å². The summed E-state index contributed by atoms with van der Waals surface area (Å²) in [5, 5.41) is 0. The third-order valence-corrected chi connectivity index (χ3v) is 2.54. The lowest BCUT2D eigenvalue weighted by molar-refractivity contribution is 1.09. The van der Waals surface area contributed by atoms with Crippen molar-refractivity contribution in [2.45, 2.75) is 33.6 Å². The summed E-state index contributed by atoms with van der Waals surface area (Å²) in [7, 11) is 0. The maximum Gasteiger partial charge on any atom is -0.00668 e. The fourth-order valence-electron chi connectivity index (χ4n) is 1.38. The normalized spacial score (nSPS) is 13.0. The predicted octanol–water partition coefficient (Wildman–Crippen LogP) is 4.53. The number of rotatable bonds is 4. The van der Waals surface area contributed by atoms with Crippen LogP contribution in [0.1, 0.15) is 32.8 Å². The van der Waals surface area contributed by atoms with Gasteiger partial charge in [0.25, 0.3) is 0 Å². The van der Waals surface area contributed by atoms with Crippen molar-refractivity contribution < 1.29 is 0 Å². The molecule has 0 aliphatic carbocycles. The smallest absolute Gasteiger partial charge is 0.00668 e. The Morgan fingerprint density at radius 2 is 1.60 bits per heavy atom. The van der Waals surface area contributed by atoms with Crippen molar-refractivity contribution in [1.82, 2.24) is 0 Å². The van der Waals surface area contributed by atoms with Gasteiger partial charge in [0.05, 0.1) is 0 Å². The third kappa shape index (κ3) is 4.64. The maximum absolute atomic E-state index is 2.23. The van der Waals surface area contributed by atoms with E-state index in [2.05, 4.69) is 63.3 Å². The molecule has 0 bridgehead atoms. The molecule has 0 aliphatic heterocycles. The highest BCUT2D eigenvalue weighted by Crippen LogP contribution is 2.08. The van der Waals surface area contributed by atoms with Crippen LogP contribution >= 0.6 is 0 Å². The van der Waals surface area contributed by atoms with Gasteiger partial charge in [-0.15, -0.1) is 0 Å². The van der Waals surface area contributed by atoms with Crippen LogP contribution in [0.4, 0.5) is 0 Å². The Kier molecular flexibility index (Phi) is 4.89. The molecule has 1 aromatic rings. The van der Waals surface area contributed by atoms with Gasteiger partial charge in [-0.25, -0.2) is 0 Å². The molecule has 0 aromatic heterocycles. The standard InChI is InChI=1S/C15H20/c1-4-13(2)10-11-14(3)12-15-8-6-5-7-9-15/h5-11H,4,12H2,1-3H3. The van der Waals surface area contributed by atoms with Crippen molar-refractivity contribution in [3.8, 4) is 0 Å². The Morgan fingerprint density at radius 3 is 2.20 bits per heavy atom. The molecule has 0 fully saturated rings. The van der Waals surface area contributed by atoms with Gasteiger partial charge in [-0.2, -0.15) is 0 Å². The highest BCUT2D eigenvalue weighted by molar-refractivity contribution is 5.24. The molecule has 1 aromatic carbocycles. The molecule has 0 atom stereocenters. The fraction of sp³-hybridized carbons (Fsp3) is 0.333. The van der Waals surface area contributed by atoms with Crippen LogP contribution in [0.2, 0.25) is 0 Å². The maximum atomic E-state index is 2.23. The van der Waals surface area contributed by atoms with Crippen molar-refractivity contribution >= 4 is 0 Å². The molecule has 0 N–H and O–H groups in total. The van der Waals surface area contributed by atoms with Crippen LogP contribution in [-0.4, -0.2) is 0 Å². The molecular formula is C15H20. The van der Waals surface area contributed by atoms with E-state index >= 15 is 0 Å². The van der Waals surface area contributed by atoms with Crippen LogP contribution < -0.4 is 0 Å². The van der Waals surface area contributed by atoms with E-state index in [9.17, 15) is 0 Å². The Hall–Kier alpha value is -1.30. The van der Waals surface area contributed by atoms with Gasteiger partial charge in [0.1, 0.15) is 0 Å². The summed E-state index contributed by atoms with van der Waals surface area (Å²) >= 11 is 0. The molecule has 0 spiro atoms. The molecule has 80 valence electrons. The molecular weight excluding hydrogens is 180 g/mol. The first kappa shape index (κ1) is 11.8. The van der Waals surface area contributed by atoms with E-state index < -0.39 is 0 Å². The van der Waals surface area contributed by atoms with Crippen LogP contribution in [0.5, 0.6) is 0 Å². The zero-order valence-corrected chi connectivity index (χ0v) is 9.96. The minimum absolute atomic E-state index is 1.05. The topological polar surface area (TPSA) is 0 Å². The zero-order valence-electron chi connectivity index (χ0n) is 9.96. The highest BCUT2D eigenvalue weighted by Gasteiger charge is 1.92. The summed E-state index contributed by atoms with van der Waals surface area (Å²) in [5.41, 5.74) is 4.23. The first-order chi connectivity index (χ1) is 7.22. The Labute approximate surface area is 93.3 Å². The van der Waals surface area contributed by atoms with Gasteiger partial charge < -0.3 is 0 Å². The Balaban J connectivity index is 2.60. The molecule has 0 unspecified atom stereocenters. The average molecular weight is 200 g/mol. The number of hydrogen-bond donors (Lipinski definition) is 0. The average Bonchev–Trinajstić information content (AvgIpc) is 2.27.